The summed E-state index contributed by atoms with van der Waals surface area (Å²) in [7, 11) is 0. The highest BCUT2D eigenvalue weighted by Crippen LogP contribution is 2.63. The van der Waals surface area contributed by atoms with E-state index >= 15 is 0 Å². The van der Waals surface area contributed by atoms with E-state index in [4.69, 9.17) is 14.2 Å². The van der Waals surface area contributed by atoms with Crippen molar-refractivity contribution >= 4 is 11.9 Å². The molecule has 5 rings (SSSR count). The highest BCUT2D eigenvalue weighted by molar-refractivity contribution is 5.90. The van der Waals surface area contributed by atoms with Crippen molar-refractivity contribution in [3.63, 3.8) is 0 Å². The first-order chi connectivity index (χ1) is 14.4. The summed E-state index contributed by atoms with van der Waals surface area (Å²) >= 11 is 0. The number of fused-ring (bicyclic) bond motifs is 5. The predicted octanol–water partition coefficient (Wildman–Crippen LogP) is 4.42. The molecule has 156 valence electrons. The molecule has 1 aliphatic carbocycles. The molecule has 2 aromatic carbocycles. The molecule has 5 nitrogen and oxygen atoms in total. The fourth-order valence-electron chi connectivity index (χ4n) is 5.83. The minimum Gasteiger partial charge on any atom is -0.455 e. The lowest BCUT2D eigenvalue weighted by atomic mass is 9.69. The van der Waals surface area contributed by atoms with Crippen LogP contribution in [0.15, 0.2) is 60.7 Å². The molecule has 30 heavy (non-hydrogen) atoms. The molecule has 0 aromatic heterocycles. The number of rotatable bonds is 4. The number of hydrogen-bond acceptors (Lipinski definition) is 5. The molecular formula is C25H26O5. The summed E-state index contributed by atoms with van der Waals surface area (Å²) in [6, 6.07) is 17.9. The van der Waals surface area contributed by atoms with E-state index in [0.717, 1.165) is 12.8 Å². The molecular weight excluding hydrogens is 380 g/mol. The van der Waals surface area contributed by atoms with Gasteiger partial charge in [0.1, 0.15) is 12.2 Å². The van der Waals surface area contributed by atoms with Gasteiger partial charge in [-0.1, -0.05) is 36.4 Å². The summed E-state index contributed by atoms with van der Waals surface area (Å²) < 4.78 is 18.4. The van der Waals surface area contributed by atoms with E-state index in [9.17, 15) is 9.59 Å². The van der Waals surface area contributed by atoms with E-state index in [1.165, 1.54) is 0 Å². The second kappa shape index (κ2) is 6.95. The lowest BCUT2D eigenvalue weighted by Crippen LogP contribution is -2.44. The topological polar surface area (TPSA) is 61.8 Å². The molecule has 2 bridgehead atoms. The highest BCUT2D eigenvalue weighted by Gasteiger charge is 2.70. The minimum absolute atomic E-state index is 0.0116. The van der Waals surface area contributed by atoms with Crippen LogP contribution in [0.25, 0.3) is 0 Å². The minimum atomic E-state index is -0.525. The van der Waals surface area contributed by atoms with Crippen LogP contribution in [0.4, 0.5) is 0 Å². The van der Waals surface area contributed by atoms with Crippen molar-refractivity contribution in [2.24, 2.45) is 11.8 Å². The van der Waals surface area contributed by atoms with Crippen molar-refractivity contribution in [3.8, 4) is 0 Å². The van der Waals surface area contributed by atoms with Gasteiger partial charge in [0, 0.05) is 11.8 Å². The maximum Gasteiger partial charge on any atom is 0.338 e. The Morgan fingerprint density at radius 2 is 1.37 bits per heavy atom. The summed E-state index contributed by atoms with van der Waals surface area (Å²) in [6.07, 6.45) is 1.53. The van der Waals surface area contributed by atoms with E-state index in [1.807, 2.05) is 36.4 Å². The van der Waals surface area contributed by atoms with Crippen LogP contribution in [0, 0.1) is 11.8 Å². The summed E-state index contributed by atoms with van der Waals surface area (Å²) in [4.78, 5) is 25.6. The van der Waals surface area contributed by atoms with Gasteiger partial charge >= 0.3 is 11.9 Å². The van der Waals surface area contributed by atoms with Crippen molar-refractivity contribution in [2.75, 3.05) is 0 Å². The molecule has 6 unspecified atom stereocenters. The summed E-state index contributed by atoms with van der Waals surface area (Å²) in [5.74, 6) is -0.570. The Bertz CT molecular complexity index is 958. The number of hydrogen-bond donors (Lipinski definition) is 0. The van der Waals surface area contributed by atoms with Crippen molar-refractivity contribution in [1.82, 2.24) is 0 Å². The SMILES string of the molecule is CC12CCC(C)(O1)C1C(OC(=O)c3ccccc3)C(OC(=O)c3ccccc3)CC12. The van der Waals surface area contributed by atoms with Crippen LogP contribution < -0.4 is 0 Å². The van der Waals surface area contributed by atoms with Gasteiger partial charge in [-0.2, -0.15) is 0 Å². The van der Waals surface area contributed by atoms with Crippen molar-refractivity contribution < 1.29 is 23.8 Å². The number of benzene rings is 2. The van der Waals surface area contributed by atoms with E-state index < -0.39 is 18.2 Å². The van der Waals surface area contributed by atoms with Gasteiger partial charge in [0.25, 0.3) is 0 Å². The van der Waals surface area contributed by atoms with Gasteiger partial charge in [-0.15, -0.1) is 0 Å². The Balaban J connectivity index is 1.43. The average molecular weight is 406 g/mol. The molecule has 6 atom stereocenters. The Morgan fingerprint density at radius 1 is 0.833 bits per heavy atom. The van der Waals surface area contributed by atoms with Crippen molar-refractivity contribution in [3.05, 3.63) is 71.8 Å². The Hall–Kier alpha value is -2.66. The molecule has 0 N–H and O–H groups in total. The van der Waals surface area contributed by atoms with Gasteiger partial charge in [-0.05, 0) is 57.4 Å². The van der Waals surface area contributed by atoms with Crippen molar-refractivity contribution in [1.29, 1.82) is 0 Å². The van der Waals surface area contributed by atoms with Crippen LogP contribution in [0.2, 0.25) is 0 Å². The second-order valence-corrected chi connectivity index (χ2v) is 9.14. The molecule has 5 heteroatoms. The van der Waals surface area contributed by atoms with Crippen LogP contribution in [0.5, 0.6) is 0 Å². The molecule has 2 saturated heterocycles. The van der Waals surface area contributed by atoms with Crippen LogP contribution in [0.3, 0.4) is 0 Å². The largest absolute Gasteiger partial charge is 0.455 e. The third-order valence-electron chi connectivity index (χ3n) is 7.23. The predicted molar refractivity (Wildman–Crippen MR) is 110 cm³/mol. The highest BCUT2D eigenvalue weighted by atomic mass is 16.6. The molecule has 3 aliphatic rings. The van der Waals surface area contributed by atoms with Gasteiger partial charge in [0.2, 0.25) is 0 Å². The molecule has 1 saturated carbocycles. The van der Waals surface area contributed by atoms with Gasteiger partial charge in [-0.3, -0.25) is 0 Å². The third kappa shape index (κ3) is 3.03. The Morgan fingerprint density at radius 3 is 1.97 bits per heavy atom. The maximum atomic E-state index is 12.9. The third-order valence-corrected chi connectivity index (χ3v) is 7.23. The summed E-state index contributed by atoms with van der Waals surface area (Å²) in [6.45, 7) is 4.24. The fourth-order valence-corrected chi connectivity index (χ4v) is 5.83. The first-order valence-corrected chi connectivity index (χ1v) is 10.6. The summed E-state index contributed by atoms with van der Waals surface area (Å²) in [5, 5.41) is 0. The van der Waals surface area contributed by atoms with E-state index in [-0.39, 0.29) is 29.0 Å². The lowest BCUT2D eigenvalue weighted by molar-refractivity contribution is -0.0914. The quantitative estimate of drug-likeness (QED) is 0.704. The zero-order chi connectivity index (χ0) is 20.9. The number of ether oxygens (including phenoxy) is 3. The van der Waals surface area contributed by atoms with Crippen LogP contribution >= 0.6 is 0 Å². The van der Waals surface area contributed by atoms with Crippen LogP contribution in [-0.2, 0) is 14.2 Å². The standard InChI is InChI=1S/C25H26O5/c1-24-13-14-25(2,30-24)20-18(24)15-19(28-22(26)16-9-5-3-6-10-16)21(20)29-23(27)17-11-7-4-8-12-17/h3-12,18-21H,13-15H2,1-2H3. The van der Waals surface area contributed by atoms with Gasteiger partial charge in [-0.25, -0.2) is 9.59 Å². The monoisotopic (exact) mass is 406 g/mol. The summed E-state index contributed by atoms with van der Waals surface area (Å²) in [5.41, 5.74) is 0.369. The molecule has 0 radical (unpaired) electrons. The zero-order valence-electron chi connectivity index (χ0n) is 17.2. The van der Waals surface area contributed by atoms with Gasteiger partial charge < -0.3 is 14.2 Å². The zero-order valence-corrected chi connectivity index (χ0v) is 17.2. The molecule has 0 spiro atoms. The van der Waals surface area contributed by atoms with E-state index in [0.29, 0.717) is 17.5 Å². The smallest absolute Gasteiger partial charge is 0.338 e. The first-order valence-electron chi connectivity index (χ1n) is 10.6. The lowest BCUT2D eigenvalue weighted by Gasteiger charge is -2.34. The molecule has 2 aliphatic heterocycles. The number of esters is 2. The van der Waals surface area contributed by atoms with Crippen LogP contribution in [-0.4, -0.2) is 35.3 Å². The molecule has 2 aromatic rings. The van der Waals surface area contributed by atoms with Gasteiger partial charge in [0.15, 0.2) is 0 Å². The van der Waals surface area contributed by atoms with Gasteiger partial charge in [0.05, 0.1) is 22.3 Å². The first kappa shape index (κ1) is 19.3. The maximum absolute atomic E-state index is 12.9. The van der Waals surface area contributed by atoms with Crippen LogP contribution in [0.1, 0.15) is 53.8 Å². The Kier molecular flexibility index (Phi) is 4.47. The van der Waals surface area contributed by atoms with E-state index in [1.54, 1.807) is 24.3 Å². The van der Waals surface area contributed by atoms with Crippen molar-refractivity contribution in [2.45, 2.75) is 56.5 Å². The number of carbonyl (C=O) groups is 2. The molecule has 3 fully saturated rings. The normalized spacial score (nSPS) is 36.3. The number of carbonyl (C=O) groups excluding carboxylic acids is 2. The second-order valence-electron chi connectivity index (χ2n) is 9.14. The Labute approximate surface area is 176 Å². The van der Waals surface area contributed by atoms with E-state index in [2.05, 4.69) is 13.8 Å². The average Bonchev–Trinajstić information content (AvgIpc) is 3.35. The fraction of sp³-hybridized carbons (Fsp3) is 0.440. The molecule has 2 heterocycles. The molecule has 0 amide bonds.